The number of rotatable bonds is 7. The Morgan fingerprint density at radius 1 is 0.920 bits per heavy atom. The molecule has 0 unspecified atom stereocenters. The molecule has 0 aliphatic carbocycles. The van der Waals surface area contributed by atoms with Crippen LogP contribution in [-0.4, -0.2) is 36.5 Å². The molecule has 25 heavy (non-hydrogen) atoms. The van der Waals surface area contributed by atoms with Crippen LogP contribution in [0.5, 0.6) is 0 Å². The van der Waals surface area contributed by atoms with Crippen molar-refractivity contribution in [1.29, 1.82) is 0 Å². The molecule has 1 fully saturated rings. The fourth-order valence-electron chi connectivity index (χ4n) is 3.23. The Morgan fingerprint density at radius 3 is 1.92 bits per heavy atom. The van der Waals surface area contributed by atoms with E-state index in [1.807, 2.05) is 0 Å². The van der Waals surface area contributed by atoms with Gasteiger partial charge in [-0.1, -0.05) is 74.5 Å². The SMILES string of the molecule is CC(C)[C@@H](CP(c1ccccc1)c1ccccc1)N=CN1CCCC1. The first-order valence-electron chi connectivity index (χ1n) is 9.39. The van der Waals surface area contributed by atoms with Crippen molar-refractivity contribution in [2.75, 3.05) is 19.3 Å². The molecule has 0 spiro atoms. The molecular weight excluding hydrogens is 323 g/mol. The first kappa shape index (κ1) is 18.1. The summed E-state index contributed by atoms with van der Waals surface area (Å²) >= 11 is 0. The zero-order chi connectivity index (χ0) is 17.5. The zero-order valence-corrected chi connectivity index (χ0v) is 16.3. The van der Waals surface area contributed by atoms with E-state index in [9.17, 15) is 0 Å². The van der Waals surface area contributed by atoms with E-state index in [1.165, 1.54) is 36.5 Å². The van der Waals surface area contributed by atoms with Gasteiger partial charge < -0.3 is 4.90 Å². The standard InChI is InChI=1S/C22H29N2P/c1-19(2)22(23-18-24-15-9-10-16-24)17-25(20-11-5-3-6-12-20)21-13-7-4-8-14-21/h3-8,11-14,18-19,22H,9-10,15-17H2,1-2H3/t22-/m1/s1. The molecule has 0 saturated carbocycles. The summed E-state index contributed by atoms with van der Waals surface area (Å²) in [5.74, 6) is 0.552. The van der Waals surface area contributed by atoms with Crippen LogP contribution in [0.2, 0.25) is 0 Å². The Labute approximate surface area is 153 Å². The molecule has 2 aromatic carbocycles. The van der Waals surface area contributed by atoms with E-state index in [1.54, 1.807) is 0 Å². The highest BCUT2D eigenvalue weighted by atomic mass is 31.1. The topological polar surface area (TPSA) is 15.6 Å². The second-order valence-electron chi connectivity index (χ2n) is 7.10. The van der Waals surface area contributed by atoms with E-state index >= 15 is 0 Å². The van der Waals surface area contributed by atoms with Crippen LogP contribution in [0.3, 0.4) is 0 Å². The number of nitrogens with zero attached hydrogens (tertiary/aromatic N) is 2. The molecule has 2 nitrogen and oxygen atoms in total. The van der Waals surface area contributed by atoms with Crippen LogP contribution in [0.4, 0.5) is 0 Å². The van der Waals surface area contributed by atoms with Gasteiger partial charge in [-0.3, -0.25) is 4.99 Å². The van der Waals surface area contributed by atoms with Crippen LogP contribution in [0, 0.1) is 5.92 Å². The summed E-state index contributed by atoms with van der Waals surface area (Å²) < 4.78 is 0. The quantitative estimate of drug-likeness (QED) is 0.413. The second kappa shape index (κ2) is 9.15. The fraction of sp³-hybridized carbons (Fsp3) is 0.409. The van der Waals surface area contributed by atoms with Crippen LogP contribution in [0.25, 0.3) is 0 Å². The third-order valence-corrected chi connectivity index (χ3v) is 7.42. The fourth-order valence-corrected chi connectivity index (χ4v) is 5.90. The van der Waals surface area contributed by atoms with Crippen LogP contribution < -0.4 is 10.6 Å². The van der Waals surface area contributed by atoms with E-state index in [0.29, 0.717) is 12.0 Å². The predicted molar refractivity (Wildman–Crippen MR) is 112 cm³/mol. The van der Waals surface area contributed by atoms with Crippen molar-refractivity contribution in [3.8, 4) is 0 Å². The summed E-state index contributed by atoms with van der Waals surface area (Å²) in [5.41, 5.74) is 0. The van der Waals surface area contributed by atoms with Crippen molar-refractivity contribution in [3.05, 3.63) is 60.7 Å². The van der Waals surface area contributed by atoms with Gasteiger partial charge in [-0.25, -0.2) is 0 Å². The third kappa shape index (κ3) is 5.16. The van der Waals surface area contributed by atoms with Gasteiger partial charge in [-0.05, 0) is 43.5 Å². The summed E-state index contributed by atoms with van der Waals surface area (Å²) in [6.45, 7) is 6.94. The minimum Gasteiger partial charge on any atom is -0.363 e. The first-order valence-corrected chi connectivity index (χ1v) is 10.9. The number of benzene rings is 2. The second-order valence-corrected chi connectivity index (χ2v) is 9.35. The van der Waals surface area contributed by atoms with Gasteiger partial charge in [-0.15, -0.1) is 0 Å². The molecule has 0 radical (unpaired) electrons. The highest BCUT2D eigenvalue weighted by Gasteiger charge is 2.21. The molecule has 0 aromatic heterocycles. The Kier molecular flexibility index (Phi) is 6.64. The van der Waals surface area contributed by atoms with E-state index < -0.39 is 0 Å². The van der Waals surface area contributed by atoms with Crippen molar-refractivity contribution in [3.63, 3.8) is 0 Å². The average Bonchev–Trinajstić information content (AvgIpc) is 3.16. The van der Waals surface area contributed by atoms with Crippen LogP contribution in [0.15, 0.2) is 65.7 Å². The lowest BCUT2D eigenvalue weighted by Gasteiger charge is -2.25. The Morgan fingerprint density at radius 2 is 1.44 bits per heavy atom. The van der Waals surface area contributed by atoms with Crippen molar-refractivity contribution in [1.82, 2.24) is 4.90 Å². The van der Waals surface area contributed by atoms with Gasteiger partial charge in [0.05, 0.1) is 12.4 Å². The summed E-state index contributed by atoms with van der Waals surface area (Å²) in [6.07, 6.45) is 5.85. The van der Waals surface area contributed by atoms with E-state index in [0.717, 1.165) is 6.16 Å². The lowest BCUT2D eigenvalue weighted by molar-refractivity contribution is 0.502. The number of likely N-dealkylation sites (tertiary alicyclic amines) is 1. The minimum atomic E-state index is -0.379. The monoisotopic (exact) mass is 352 g/mol. The summed E-state index contributed by atoms with van der Waals surface area (Å²) in [7, 11) is -0.379. The van der Waals surface area contributed by atoms with Gasteiger partial charge in [0.1, 0.15) is 0 Å². The van der Waals surface area contributed by atoms with Crippen molar-refractivity contribution in [2.45, 2.75) is 32.7 Å². The number of hydrogen-bond acceptors (Lipinski definition) is 1. The Hall–Kier alpha value is -1.66. The molecule has 3 heteroatoms. The molecule has 1 aliphatic heterocycles. The van der Waals surface area contributed by atoms with Gasteiger partial charge in [-0.2, -0.15) is 0 Å². The van der Waals surface area contributed by atoms with Crippen LogP contribution in [-0.2, 0) is 0 Å². The molecule has 1 heterocycles. The van der Waals surface area contributed by atoms with Gasteiger partial charge in [0.2, 0.25) is 0 Å². The lowest BCUT2D eigenvalue weighted by Crippen LogP contribution is -2.26. The molecule has 0 amide bonds. The van der Waals surface area contributed by atoms with Gasteiger partial charge in [0.15, 0.2) is 0 Å². The Balaban J connectivity index is 1.81. The average molecular weight is 352 g/mol. The van der Waals surface area contributed by atoms with Crippen molar-refractivity contribution < 1.29 is 0 Å². The minimum absolute atomic E-state index is 0.368. The smallest absolute Gasteiger partial charge is 0.0853 e. The lowest BCUT2D eigenvalue weighted by atomic mass is 10.1. The summed E-state index contributed by atoms with van der Waals surface area (Å²) in [5, 5.41) is 2.90. The summed E-state index contributed by atoms with van der Waals surface area (Å²) in [4.78, 5) is 7.39. The van der Waals surface area contributed by atoms with E-state index in [2.05, 4.69) is 85.7 Å². The number of aliphatic imine (C=N–C) groups is 1. The van der Waals surface area contributed by atoms with Crippen molar-refractivity contribution in [2.24, 2.45) is 10.9 Å². The highest BCUT2D eigenvalue weighted by molar-refractivity contribution is 7.73. The van der Waals surface area contributed by atoms with Crippen LogP contribution >= 0.6 is 7.92 Å². The third-order valence-electron chi connectivity index (χ3n) is 4.84. The molecule has 132 valence electrons. The van der Waals surface area contributed by atoms with Gasteiger partial charge in [0, 0.05) is 13.1 Å². The normalized spacial score (nSPS) is 16.2. The van der Waals surface area contributed by atoms with Gasteiger partial charge >= 0.3 is 0 Å². The Bertz CT molecular complexity index is 609. The molecule has 0 N–H and O–H groups in total. The molecule has 2 aromatic rings. The first-order chi connectivity index (χ1) is 12.2. The molecule has 3 rings (SSSR count). The molecule has 1 atom stereocenters. The van der Waals surface area contributed by atoms with Gasteiger partial charge in [0.25, 0.3) is 0 Å². The van der Waals surface area contributed by atoms with Crippen LogP contribution in [0.1, 0.15) is 26.7 Å². The van der Waals surface area contributed by atoms with Crippen molar-refractivity contribution >= 4 is 24.9 Å². The maximum Gasteiger partial charge on any atom is 0.0853 e. The molecular formula is C22H29N2P. The summed E-state index contributed by atoms with van der Waals surface area (Å²) in [6, 6.07) is 22.3. The molecule has 1 aliphatic rings. The molecule has 0 bridgehead atoms. The molecule has 1 saturated heterocycles. The van der Waals surface area contributed by atoms with E-state index in [-0.39, 0.29) is 7.92 Å². The maximum atomic E-state index is 5.01. The van der Waals surface area contributed by atoms with E-state index in [4.69, 9.17) is 4.99 Å². The zero-order valence-electron chi connectivity index (χ0n) is 15.4. The number of hydrogen-bond donors (Lipinski definition) is 0. The highest BCUT2D eigenvalue weighted by Crippen LogP contribution is 2.36. The predicted octanol–water partition coefficient (Wildman–Crippen LogP) is 4.27. The maximum absolute atomic E-state index is 5.01. The largest absolute Gasteiger partial charge is 0.363 e.